The first-order valence-electron chi connectivity index (χ1n) is 4.23. The Bertz CT molecular complexity index is 301. The van der Waals surface area contributed by atoms with Crippen molar-refractivity contribution >= 4 is 11.6 Å². The minimum Gasteiger partial charge on any atom is -0.392 e. The first-order valence-corrected chi connectivity index (χ1v) is 4.61. The normalized spacial score (nSPS) is 12.7. The van der Waals surface area contributed by atoms with Crippen molar-refractivity contribution in [2.24, 2.45) is 0 Å². The Labute approximate surface area is 95.5 Å². The van der Waals surface area contributed by atoms with Crippen LogP contribution in [0, 0.1) is 0 Å². The molecule has 0 fully saturated rings. The standard InChI is InChI=1S/C6H6ClNO.C3H5F3O/c7-6-2-1-5(4-9)3-8-6;1-2(7)3(4,5)6/h1-3,9H,4H2;2,7H,1H3. The van der Waals surface area contributed by atoms with Gasteiger partial charge < -0.3 is 10.2 Å². The number of rotatable bonds is 1. The fraction of sp³-hybridized carbons (Fsp3) is 0.444. The Balaban J connectivity index is 0.000000293. The number of aliphatic hydroxyl groups excluding tert-OH is 2. The predicted molar refractivity (Wildman–Crippen MR) is 52.9 cm³/mol. The molecule has 0 aliphatic heterocycles. The number of nitrogens with zero attached hydrogens (tertiary/aromatic N) is 1. The third kappa shape index (κ3) is 6.60. The molecule has 0 aliphatic rings. The van der Waals surface area contributed by atoms with E-state index in [9.17, 15) is 13.2 Å². The second-order valence-electron chi connectivity index (χ2n) is 2.86. The third-order valence-electron chi connectivity index (χ3n) is 1.44. The van der Waals surface area contributed by atoms with E-state index >= 15 is 0 Å². The van der Waals surface area contributed by atoms with Crippen LogP contribution in [-0.4, -0.2) is 27.5 Å². The molecule has 1 aromatic rings. The van der Waals surface area contributed by atoms with Crippen molar-refractivity contribution in [3.63, 3.8) is 0 Å². The Morgan fingerprint density at radius 3 is 2.19 bits per heavy atom. The van der Waals surface area contributed by atoms with Crippen LogP contribution in [0.3, 0.4) is 0 Å². The first kappa shape index (κ1) is 15.2. The van der Waals surface area contributed by atoms with Crippen molar-refractivity contribution in [2.75, 3.05) is 0 Å². The lowest BCUT2D eigenvalue weighted by molar-refractivity contribution is -0.197. The molecule has 16 heavy (non-hydrogen) atoms. The summed E-state index contributed by atoms with van der Waals surface area (Å²) in [6.45, 7) is 0.699. The van der Waals surface area contributed by atoms with Gasteiger partial charge in [-0.1, -0.05) is 17.7 Å². The van der Waals surface area contributed by atoms with Gasteiger partial charge in [0, 0.05) is 6.20 Å². The highest BCUT2D eigenvalue weighted by Gasteiger charge is 2.33. The Kier molecular flexibility index (Phi) is 6.32. The molecule has 1 heterocycles. The molecular weight excluding hydrogens is 247 g/mol. The fourth-order valence-electron chi connectivity index (χ4n) is 0.500. The predicted octanol–water partition coefficient (Wildman–Crippen LogP) is 2.16. The van der Waals surface area contributed by atoms with Crippen molar-refractivity contribution in [2.45, 2.75) is 25.8 Å². The fourth-order valence-corrected chi connectivity index (χ4v) is 0.612. The maximum absolute atomic E-state index is 10.9. The average Bonchev–Trinajstić information content (AvgIpc) is 2.18. The number of aliphatic hydroxyl groups is 2. The molecule has 3 nitrogen and oxygen atoms in total. The summed E-state index contributed by atoms with van der Waals surface area (Å²) in [5, 5.41) is 16.8. The summed E-state index contributed by atoms with van der Waals surface area (Å²) in [6, 6.07) is 3.38. The Morgan fingerprint density at radius 1 is 1.44 bits per heavy atom. The van der Waals surface area contributed by atoms with Crippen LogP contribution in [0.5, 0.6) is 0 Å². The van der Waals surface area contributed by atoms with Gasteiger partial charge in [-0.25, -0.2) is 4.98 Å². The van der Waals surface area contributed by atoms with E-state index in [1.807, 2.05) is 0 Å². The lowest BCUT2D eigenvalue weighted by Gasteiger charge is -2.06. The maximum atomic E-state index is 10.9. The number of aromatic nitrogens is 1. The van der Waals surface area contributed by atoms with Crippen LogP contribution in [0.1, 0.15) is 12.5 Å². The van der Waals surface area contributed by atoms with Crippen LogP contribution in [0.4, 0.5) is 13.2 Å². The van der Waals surface area contributed by atoms with E-state index in [2.05, 4.69) is 4.98 Å². The van der Waals surface area contributed by atoms with Gasteiger partial charge in [0.25, 0.3) is 0 Å². The van der Waals surface area contributed by atoms with Gasteiger partial charge in [-0.3, -0.25) is 0 Å². The summed E-state index contributed by atoms with van der Waals surface area (Å²) >= 11 is 5.48. The number of pyridine rings is 1. The first-order chi connectivity index (χ1) is 7.27. The van der Waals surface area contributed by atoms with Gasteiger partial charge in [0.05, 0.1) is 6.61 Å². The Hall–Kier alpha value is -0.850. The molecule has 7 heteroatoms. The highest BCUT2D eigenvalue weighted by Crippen LogP contribution is 2.18. The summed E-state index contributed by atoms with van der Waals surface area (Å²) in [5.41, 5.74) is 0.777. The van der Waals surface area contributed by atoms with Crippen molar-refractivity contribution in [1.82, 2.24) is 4.98 Å². The largest absolute Gasteiger partial charge is 0.414 e. The summed E-state index contributed by atoms with van der Waals surface area (Å²) in [6.07, 6.45) is -5.10. The highest BCUT2D eigenvalue weighted by atomic mass is 35.5. The van der Waals surface area contributed by atoms with Crippen LogP contribution in [0.25, 0.3) is 0 Å². The van der Waals surface area contributed by atoms with E-state index in [1.165, 1.54) is 0 Å². The minimum atomic E-state index is -4.44. The quantitative estimate of drug-likeness (QED) is 0.758. The molecule has 0 aliphatic carbocycles. The zero-order valence-corrected chi connectivity index (χ0v) is 9.13. The number of hydrogen-bond donors (Lipinski definition) is 2. The summed E-state index contributed by atoms with van der Waals surface area (Å²) < 4.78 is 32.8. The van der Waals surface area contributed by atoms with Crippen LogP contribution >= 0.6 is 11.6 Å². The molecular formula is C9H11ClF3NO2. The van der Waals surface area contributed by atoms with Crippen LogP contribution in [0.2, 0.25) is 5.15 Å². The molecule has 1 rings (SSSR count). The monoisotopic (exact) mass is 257 g/mol. The van der Waals surface area contributed by atoms with E-state index in [-0.39, 0.29) is 6.61 Å². The molecule has 0 spiro atoms. The molecule has 0 saturated heterocycles. The van der Waals surface area contributed by atoms with Gasteiger partial charge in [0.15, 0.2) is 0 Å². The molecule has 2 N–H and O–H groups in total. The summed E-state index contributed by atoms with van der Waals surface area (Å²) in [4.78, 5) is 3.76. The van der Waals surface area contributed by atoms with Gasteiger partial charge in [-0.15, -0.1) is 0 Å². The molecule has 0 bridgehead atoms. The van der Waals surface area contributed by atoms with Gasteiger partial charge in [0.2, 0.25) is 0 Å². The van der Waals surface area contributed by atoms with Gasteiger partial charge in [-0.05, 0) is 18.6 Å². The lowest BCUT2D eigenvalue weighted by Crippen LogP contribution is -2.24. The van der Waals surface area contributed by atoms with E-state index in [0.717, 1.165) is 5.56 Å². The topological polar surface area (TPSA) is 53.4 Å². The van der Waals surface area contributed by atoms with Crippen molar-refractivity contribution in [3.8, 4) is 0 Å². The van der Waals surface area contributed by atoms with Gasteiger partial charge in [-0.2, -0.15) is 13.2 Å². The zero-order valence-electron chi connectivity index (χ0n) is 8.37. The van der Waals surface area contributed by atoms with Gasteiger partial charge in [0.1, 0.15) is 11.3 Å². The van der Waals surface area contributed by atoms with Crippen molar-refractivity contribution < 1.29 is 23.4 Å². The van der Waals surface area contributed by atoms with E-state index in [0.29, 0.717) is 12.1 Å². The molecule has 0 amide bonds. The molecule has 0 aromatic carbocycles. The zero-order chi connectivity index (χ0) is 12.8. The summed E-state index contributed by atoms with van der Waals surface area (Å²) in [5.74, 6) is 0. The molecule has 1 atom stereocenters. The van der Waals surface area contributed by atoms with E-state index < -0.39 is 12.3 Å². The molecule has 92 valence electrons. The third-order valence-corrected chi connectivity index (χ3v) is 1.67. The molecule has 0 saturated carbocycles. The van der Waals surface area contributed by atoms with Gasteiger partial charge >= 0.3 is 6.18 Å². The number of hydrogen-bond acceptors (Lipinski definition) is 3. The SMILES string of the molecule is CC(O)C(F)(F)F.OCc1ccc(Cl)nc1. The molecule has 0 radical (unpaired) electrons. The van der Waals surface area contributed by atoms with E-state index in [1.54, 1.807) is 18.3 Å². The van der Waals surface area contributed by atoms with Crippen LogP contribution in [0.15, 0.2) is 18.3 Å². The average molecular weight is 258 g/mol. The Morgan fingerprint density at radius 2 is 1.94 bits per heavy atom. The number of halogens is 4. The smallest absolute Gasteiger partial charge is 0.392 e. The summed E-state index contributed by atoms with van der Waals surface area (Å²) in [7, 11) is 0. The van der Waals surface area contributed by atoms with Crippen LogP contribution in [-0.2, 0) is 6.61 Å². The second-order valence-corrected chi connectivity index (χ2v) is 3.25. The van der Waals surface area contributed by atoms with Crippen molar-refractivity contribution in [1.29, 1.82) is 0 Å². The van der Waals surface area contributed by atoms with Crippen LogP contribution < -0.4 is 0 Å². The highest BCUT2D eigenvalue weighted by molar-refractivity contribution is 6.29. The number of alkyl halides is 3. The minimum absolute atomic E-state index is 0.0180. The van der Waals surface area contributed by atoms with Crippen molar-refractivity contribution in [3.05, 3.63) is 29.0 Å². The molecule has 1 aromatic heterocycles. The second kappa shape index (κ2) is 6.67. The lowest BCUT2D eigenvalue weighted by atomic mass is 10.3. The maximum Gasteiger partial charge on any atom is 0.414 e. The molecule has 1 unspecified atom stereocenters. The van der Waals surface area contributed by atoms with E-state index in [4.69, 9.17) is 21.8 Å².